The lowest BCUT2D eigenvalue weighted by molar-refractivity contribution is -0.141. The molecular formula is C10H21N3O2. The molecule has 0 amide bonds. The molecule has 1 saturated heterocycles. The highest BCUT2D eigenvalue weighted by Crippen LogP contribution is 1.93. The number of piperazine rings is 1. The molecule has 5 heteroatoms. The van der Waals surface area contributed by atoms with Gasteiger partial charge in [0.1, 0.15) is 0 Å². The van der Waals surface area contributed by atoms with Gasteiger partial charge in [0.05, 0.1) is 13.7 Å². The molecule has 1 aliphatic rings. The van der Waals surface area contributed by atoms with Gasteiger partial charge in [-0.2, -0.15) is 0 Å². The van der Waals surface area contributed by atoms with E-state index in [1.165, 1.54) is 7.11 Å². The molecule has 15 heavy (non-hydrogen) atoms. The number of rotatable bonds is 5. The van der Waals surface area contributed by atoms with E-state index in [1.807, 2.05) is 11.9 Å². The number of ether oxygens (including phenoxy) is 1. The second kappa shape index (κ2) is 6.76. The fraction of sp³-hybridized carbons (Fsp3) is 0.900. The van der Waals surface area contributed by atoms with Crippen LogP contribution < -0.4 is 5.32 Å². The summed E-state index contributed by atoms with van der Waals surface area (Å²) >= 11 is 0. The Morgan fingerprint density at radius 2 is 2.13 bits per heavy atom. The standard InChI is InChI=1S/C10H21N3O2/c1-12(9-10(14)15-2)7-8-13-5-3-11-4-6-13/h11H,3-9H2,1-2H3. The average Bonchev–Trinajstić information content (AvgIpc) is 2.27. The van der Waals surface area contributed by atoms with Crippen LogP contribution in [0.5, 0.6) is 0 Å². The van der Waals surface area contributed by atoms with E-state index in [0.717, 1.165) is 39.3 Å². The van der Waals surface area contributed by atoms with Crippen molar-refractivity contribution < 1.29 is 9.53 Å². The van der Waals surface area contributed by atoms with Crippen LogP contribution in [0.1, 0.15) is 0 Å². The first-order valence-electron chi connectivity index (χ1n) is 5.41. The van der Waals surface area contributed by atoms with Gasteiger partial charge in [-0.15, -0.1) is 0 Å². The lowest BCUT2D eigenvalue weighted by atomic mass is 10.3. The highest BCUT2D eigenvalue weighted by atomic mass is 16.5. The maximum atomic E-state index is 11.0. The summed E-state index contributed by atoms with van der Waals surface area (Å²) in [5, 5.41) is 3.31. The molecule has 0 aromatic rings. The molecule has 1 heterocycles. The fourth-order valence-corrected chi connectivity index (χ4v) is 1.61. The fourth-order valence-electron chi connectivity index (χ4n) is 1.61. The third-order valence-corrected chi connectivity index (χ3v) is 2.63. The van der Waals surface area contributed by atoms with Crippen molar-refractivity contribution in [2.45, 2.75) is 0 Å². The van der Waals surface area contributed by atoms with Crippen molar-refractivity contribution in [1.29, 1.82) is 0 Å². The number of carbonyl (C=O) groups excluding carboxylic acids is 1. The first kappa shape index (κ1) is 12.4. The number of nitrogens with one attached hydrogen (secondary N) is 1. The third-order valence-electron chi connectivity index (χ3n) is 2.63. The van der Waals surface area contributed by atoms with Crippen molar-refractivity contribution in [2.75, 3.05) is 60.0 Å². The van der Waals surface area contributed by atoms with Crippen LogP contribution in [-0.2, 0) is 9.53 Å². The average molecular weight is 215 g/mol. The minimum absolute atomic E-state index is 0.169. The minimum Gasteiger partial charge on any atom is -0.468 e. The molecule has 0 unspecified atom stereocenters. The van der Waals surface area contributed by atoms with Gasteiger partial charge in [-0.1, -0.05) is 0 Å². The smallest absolute Gasteiger partial charge is 0.319 e. The molecule has 5 nitrogen and oxygen atoms in total. The number of esters is 1. The summed E-state index contributed by atoms with van der Waals surface area (Å²) in [7, 11) is 3.37. The Hall–Kier alpha value is -0.650. The number of hydrogen-bond acceptors (Lipinski definition) is 5. The minimum atomic E-state index is -0.169. The van der Waals surface area contributed by atoms with Crippen LogP contribution in [0.15, 0.2) is 0 Å². The molecule has 1 aliphatic heterocycles. The number of carbonyl (C=O) groups is 1. The molecule has 0 spiro atoms. The molecule has 0 atom stereocenters. The van der Waals surface area contributed by atoms with E-state index in [2.05, 4.69) is 15.0 Å². The van der Waals surface area contributed by atoms with E-state index < -0.39 is 0 Å². The zero-order valence-corrected chi connectivity index (χ0v) is 9.66. The molecule has 0 radical (unpaired) electrons. The summed E-state index contributed by atoms with van der Waals surface area (Å²) in [6.07, 6.45) is 0. The van der Waals surface area contributed by atoms with Gasteiger partial charge in [-0.25, -0.2) is 0 Å². The van der Waals surface area contributed by atoms with Gasteiger partial charge in [-0.3, -0.25) is 14.6 Å². The van der Waals surface area contributed by atoms with Gasteiger partial charge in [0.25, 0.3) is 0 Å². The van der Waals surface area contributed by atoms with Gasteiger partial charge < -0.3 is 10.1 Å². The van der Waals surface area contributed by atoms with Crippen LogP contribution in [0.2, 0.25) is 0 Å². The predicted octanol–water partition coefficient (Wildman–Crippen LogP) is -1.00. The Morgan fingerprint density at radius 1 is 1.47 bits per heavy atom. The van der Waals surface area contributed by atoms with E-state index in [9.17, 15) is 4.79 Å². The van der Waals surface area contributed by atoms with E-state index in [1.54, 1.807) is 0 Å². The van der Waals surface area contributed by atoms with Crippen LogP contribution in [0, 0.1) is 0 Å². The topological polar surface area (TPSA) is 44.8 Å². The molecular weight excluding hydrogens is 194 g/mol. The Kier molecular flexibility index (Phi) is 5.60. The Labute approximate surface area is 91.4 Å². The third kappa shape index (κ3) is 5.11. The summed E-state index contributed by atoms with van der Waals surface area (Å²) in [4.78, 5) is 15.4. The second-order valence-electron chi connectivity index (χ2n) is 3.91. The van der Waals surface area contributed by atoms with Crippen molar-refractivity contribution in [1.82, 2.24) is 15.1 Å². The number of methoxy groups -OCH3 is 1. The molecule has 1 N–H and O–H groups in total. The van der Waals surface area contributed by atoms with E-state index >= 15 is 0 Å². The summed E-state index contributed by atoms with van der Waals surface area (Å²) in [5.74, 6) is -0.169. The molecule has 0 saturated carbocycles. The van der Waals surface area contributed by atoms with Crippen molar-refractivity contribution >= 4 is 5.97 Å². The lowest BCUT2D eigenvalue weighted by Gasteiger charge is -2.28. The normalized spacial score (nSPS) is 18.1. The monoisotopic (exact) mass is 215 g/mol. The lowest BCUT2D eigenvalue weighted by Crippen LogP contribution is -2.46. The predicted molar refractivity (Wildman–Crippen MR) is 58.8 cm³/mol. The maximum absolute atomic E-state index is 11.0. The first-order valence-corrected chi connectivity index (χ1v) is 5.41. The van der Waals surface area contributed by atoms with E-state index in [4.69, 9.17) is 0 Å². The first-order chi connectivity index (χ1) is 7.22. The van der Waals surface area contributed by atoms with Crippen LogP contribution >= 0.6 is 0 Å². The summed E-state index contributed by atoms with van der Waals surface area (Å²) in [5.41, 5.74) is 0. The molecule has 1 rings (SSSR count). The Bertz CT molecular complexity index is 193. The Morgan fingerprint density at radius 3 is 2.73 bits per heavy atom. The van der Waals surface area contributed by atoms with Gasteiger partial charge >= 0.3 is 5.97 Å². The van der Waals surface area contributed by atoms with E-state index in [0.29, 0.717) is 6.54 Å². The van der Waals surface area contributed by atoms with Gasteiger partial charge in [-0.05, 0) is 7.05 Å². The van der Waals surface area contributed by atoms with Crippen LogP contribution in [0.3, 0.4) is 0 Å². The number of hydrogen-bond donors (Lipinski definition) is 1. The zero-order valence-electron chi connectivity index (χ0n) is 9.66. The van der Waals surface area contributed by atoms with Crippen molar-refractivity contribution in [3.63, 3.8) is 0 Å². The van der Waals surface area contributed by atoms with Crippen molar-refractivity contribution in [3.8, 4) is 0 Å². The summed E-state index contributed by atoms with van der Waals surface area (Å²) in [6, 6.07) is 0. The van der Waals surface area contributed by atoms with Gasteiger partial charge in [0.2, 0.25) is 0 Å². The maximum Gasteiger partial charge on any atom is 0.319 e. The highest BCUT2D eigenvalue weighted by molar-refractivity contribution is 5.71. The quantitative estimate of drug-likeness (QED) is 0.596. The largest absolute Gasteiger partial charge is 0.468 e. The molecule has 0 bridgehead atoms. The summed E-state index contributed by atoms with van der Waals surface area (Å²) < 4.78 is 4.61. The number of nitrogens with zero attached hydrogens (tertiary/aromatic N) is 2. The molecule has 1 fully saturated rings. The molecule has 0 aromatic carbocycles. The van der Waals surface area contributed by atoms with Crippen LogP contribution in [0.4, 0.5) is 0 Å². The van der Waals surface area contributed by atoms with Crippen molar-refractivity contribution in [3.05, 3.63) is 0 Å². The number of likely N-dealkylation sites (N-methyl/N-ethyl adjacent to an activating group) is 1. The molecule has 88 valence electrons. The van der Waals surface area contributed by atoms with Crippen molar-refractivity contribution in [2.24, 2.45) is 0 Å². The SMILES string of the molecule is COC(=O)CN(C)CCN1CCNCC1. The van der Waals surface area contributed by atoms with E-state index in [-0.39, 0.29) is 5.97 Å². The zero-order chi connectivity index (χ0) is 11.1. The van der Waals surface area contributed by atoms with Crippen LogP contribution in [0.25, 0.3) is 0 Å². The highest BCUT2D eigenvalue weighted by Gasteiger charge is 2.11. The molecule has 0 aromatic heterocycles. The van der Waals surface area contributed by atoms with Gasteiger partial charge in [0.15, 0.2) is 0 Å². The second-order valence-corrected chi connectivity index (χ2v) is 3.91. The van der Waals surface area contributed by atoms with Crippen LogP contribution in [-0.4, -0.2) is 75.7 Å². The summed E-state index contributed by atoms with van der Waals surface area (Å²) in [6.45, 7) is 6.66. The molecule has 0 aliphatic carbocycles. The Balaban J connectivity index is 2.09. The van der Waals surface area contributed by atoms with Gasteiger partial charge in [0, 0.05) is 39.3 Å².